The van der Waals surface area contributed by atoms with Crippen molar-refractivity contribution >= 4 is 11.9 Å². The quantitative estimate of drug-likeness (QED) is 0.417. The molecule has 0 aliphatic heterocycles. The number of carbonyl (C=O) groups is 2. The van der Waals surface area contributed by atoms with Crippen molar-refractivity contribution in [1.29, 1.82) is 0 Å². The molecule has 5 N–H and O–H groups in total. The second kappa shape index (κ2) is 8.39. The Hall–Kier alpha value is -1.92. The summed E-state index contributed by atoms with van der Waals surface area (Å²) in [5, 5.41) is 11.8. The van der Waals surface area contributed by atoms with E-state index in [9.17, 15) is 14.7 Å². The van der Waals surface area contributed by atoms with E-state index in [1.165, 1.54) is 0 Å². The molecule has 1 amide bonds. The van der Waals surface area contributed by atoms with Crippen LogP contribution in [0.5, 0.6) is 0 Å². The Labute approximate surface area is 124 Å². The van der Waals surface area contributed by atoms with Crippen molar-refractivity contribution < 1.29 is 14.7 Å². The number of nitrogens with two attached hydrogens (primary N) is 1. The molecule has 1 aromatic carbocycles. The van der Waals surface area contributed by atoms with Gasteiger partial charge in [-0.3, -0.25) is 10.6 Å². The smallest absolute Gasteiger partial charge is 0.326 e. The van der Waals surface area contributed by atoms with Crippen LogP contribution in [0.15, 0.2) is 30.3 Å². The fraction of sp³-hybridized carbons (Fsp3) is 0.467. The predicted molar refractivity (Wildman–Crippen MR) is 80.3 cm³/mol. The van der Waals surface area contributed by atoms with Gasteiger partial charge >= 0.3 is 5.97 Å². The van der Waals surface area contributed by atoms with E-state index in [1.54, 1.807) is 0 Å². The summed E-state index contributed by atoms with van der Waals surface area (Å²) < 4.78 is 0. The molecule has 0 aliphatic rings. The van der Waals surface area contributed by atoms with Crippen molar-refractivity contribution in [3.05, 3.63) is 35.9 Å². The molecular formula is C15H23N3O3. The molecule has 116 valence electrons. The van der Waals surface area contributed by atoms with Crippen LogP contribution in [-0.4, -0.2) is 29.1 Å². The zero-order valence-corrected chi connectivity index (χ0v) is 12.4. The number of hydrogen-bond acceptors (Lipinski definition) is 4. The molecule has 0 fully saturated rings. The molecule has 1 rings (SSSR count). The van der Waals surface area contributed by atoms with E-state index >= 15 is 0 Å². The van der Waals surface area contributed by atoms with Crippen molar-refractivity contribution in [2.45, 2.75) is 38.8 Å². The number of hydrogen-bond donors (Lipinski definition) is 4. The first-order chi connectivity index (χ1) is 9.93. The minimum atomic E-state index is -1.06. The first kappa shape index (κ1) is 17.1. The highest BCUT2D eigenvalue weighted by atomic mass is 16.4. The second-order valence-electron chi connectivity index (χ2n) is 5.44. The maximum absolute atomic E-state index is 12.1. The van der Waals surface area contributed by atoms with Crippen LogP contribution in [-0.2, 0) is 16.0 Å². The molecule has 2 unspecified atom stereocenters. The number of rotatable bonds is 8. The third-order valence-electron chi connectivity index (χ3n) is 3.12. The summed E-state index contributed by atoms with van der Waals surface area (Å²) in [6.45, 7) is 3.94. The van der Waals surface area contributed by atoms with Gasteiger partial charge in [0, 0.05) is 6.42 Å². The average Bonchev–Trinajstić information content (AvgIpc) is 2.44. The molecule has 0 spiro atoms. The zero-order chi connectivity index (χ0) is 15.8. The Balaban J connectivity index is 2.69. The summed E-state index contributed by atoms with van der Waals surface area (Å²) >= 11 is 0. The molecule has 2 atom stereocenters. The number of benzene rings is 1. The number of carboxylic acid groups (broad SMARTS) is 1. The minimum Gasteiger partial charge on any atom is -0.480 e. The van der Waals surface area contributed by atoms with E-state index in [1.807, 2.05) is 44.2 Å². The number of nitrogens with one attached hydrogen (secondary N) is 2. The fourth-order valence-corrected chi connectivity index (χ4v) is 2.04. The molecule has 0 radical (unpaired) electrons. The summed E-state index contributed by atoms with van der Waals surface area (Å²) in [6, 6.07) is 7.61. The number of carbonyl (C=O) groups excluding carboxylic acids is 1. The van der Waals surface area contributed by atoms with Crippen LogP contribution in [0.4, 0.5) is 0 Å². The topological polar surface area (TPSA) is 104 Å². The highest BCUT2D eigenvalue weighted by molar-refractivity contribution is 5.87. The van der Waals surface area contributed by atoms with Crippen LogP contribution < -0.4 is 16.6 Å². The largest absolute Gasteiger partial charge is 0.480 e. The Kier molecular flexibility index (Phi) is 6.84. The molecule has 21 heavy (non-hydrogen) atoms. The maximum Gasteiger partial charge on any atom is 0.326 e. The van der Waals surface area contributed by atoms with Gasteiger partial charge in [-0.1, -0.05) is 44.2 Å². The lowest BCUT2D eigenvalue weighted by Gasteiger charge is -2.21. The maximum atomic E-state index is 12.1. The van der Waals surface area contributed by atoms with Crippen LogP contribution in [0.2, 0.25) is 0 Å². The van der Waals surface area contributed by atoms with E-state index in [0.29, 0.717) is 6.42 Å². The molecule has 0 bridgehead atoms. The molecule has 0 aliphatic carbocycles. The van der Waals surface area contributed by atoms with Crippen molar-refractivity contribution in [3.8, 4) is 0 Å². The lowest BCUT2D eigenvalue weighted by molar-refractivity contribution is -0.142. The van der Waals surface area contributed by atoms with Gasteiger partial charge in [0.15, 0.2) is 0 Å². The molecule has 0 heterocycles. The van der Waals surface area contributed by atoms with Crippen molar-refractivity contribution in [3.63, 3.8) is 0 Å². The third kappa shape index (κ3) is 5.93. The van der Waals surface area contributed by atoms with Gasteiger partial charge in [0.2, 0.25) is 5.91 Å². The average molecular weight is 293 g/mol. The SMILES string of the molecule is CC(C)CC(NN)C(=O)NC(Cc1ccccc1)C(=O)O. The monoisotopic (exact) mass is 293 g/mol. The first-order valence-electron chi connectivity index (χ1n) is 6.97. The van der Waals surface area contributed by atoms with E-state index in [0.717, 1.165) is 5.56 Å². The van der Waals surface area contributed by atoms with Gasteiger partial charge in [-0.25, -0.2) is 10.2 Å². The van der Waals surface area contributed by atoms with E-state index < -0.39 is 24.0 Å². The van der Waals surface area contributed by atoms with Gasteiger partial charge in [-0.2, -0.15) is 0 Å². The molecule has 0 saturated carbocycles. The first-order valence-corrected chi connectivity index (χ1v) is 6.97. The minimum absolute atomic E-state index is 0.237. The van der Waals surface area contributed by atoms with Gasteiger partial charge in [-0.15, -0.1) is 0 Å². The number of hydrazine groups is 1. The van der Waals surface area contributed by atoms with Crippen molar-refractivity contribution in [1.82, 2.24) is 10.7 Å². The summed E-state index contributed by atoms with van der Waals surface area (Å²) in [4.78, 5) is 23.4. The lowest BCUT2D eigenvalue weighted by atomic mass is 10.0. The van der Waals surface area contributed by atoms with Crippen LogP contribution in [0.25, 0.3) is 0 Å². The zero-order valence-electron chi connectivity index (χ0n) is 12.4. The molecule has 0 aromatic heterocycles. The number of carboxylic acids is 1. The Morgan fingerprint density at radius 2 is 1.81 bits per heavy atom. The molecular weight excluding hydrogens is 270 g/mol. The third-order valence-corrected chi connectivity index (χ3v) is 3.12. The normalized spacial score (nSPS) is 13.7. The highest BCUT2D eigenvalue weighted by Gasteiger charge is 2.25. The van der Waals surface area contributed by atoms with Crippen LogP contribution in [0.1, 0.15) is 25.8 Å². The number of amides is 1. The van der Waals surface area contributed by atoms with E-state index in [2.05, 4.69) is 10.7 Å². The van der Waals surface area contributed by atoms with E-state index in [-0.39, 0.29) is 12.3 Å². The van der Waals surface area contributed by atoms with Crippen LogP contribution >= 0.6 is 0 Å². The summed E-state index contributed by atoms with van der Waals surface area (Å²) in [5.74, 6) is 4.18. The molecule has 6 heteroatoms. The summed E-state index contributed by atoms with van der Waals surface area (Å²) in [5.41, 5.74) is 3.29. The highest BCUT2D eigenvalue weighted by Crippen LogP contribution is 2.07. The van der Waals surface area contributed by atoms with Crippen molar-refractivity contribution in [2.24, 2.45) is 11.8 Å². The van der Waals surface area contributed by atoms with Gasteiger partial charge < -0.3 is 10.4 Å². The second-order valence-corrected chi connectivity index (χ2v) is 5.44. The summed E-state index contributed by atoms with van der Waals surface area (Å²) in [6.07, 6.45) is 0.779. The Morgan fingerprint density at radius 3 is 2.29 bits per heavy atom. The molecule has 1 aromatic rings. The van der Waals surface area contributed by atoms with Crippen LogP contribution in [0, 0.1) is 5.92 Å². The molecule has 0 saturated heterocycles. The van der Waals surface area contributed by atoms with Gasteiger partial charge in [0.05, 0.1) is 6.04 Å². The van der Waals surface area contributed by atoms with Crippen molar-refractivity contribution in [2.75, 3.05) is 0 Å². The number of aliphatic carboxylic acids is 1. The van der Waals surface area contributed by atoms with Crippen LogP contribution in [0.3, 0.4) is 0 Å². The Bertz CT molecular complexity index is 462. The predicted octanol–water partition coefficient (Wildman–Crippen LogP) is 0.677. The molecule has 6 nitrogen and oxygen atoms in total. The fourth-order valence-electron chi connectivity index (χ4n) is 2.04. The summed E-state index contributed by atoms with van der Waals surface area (Å²) in [7, 11) is 0. The lowest BCUT2D eigenvalue weighted by Crippen LogP contribution is -2.53. The van der Waals surface area contributed by atoms with E-state index in [4.69, 9.17) is 5.84 Å². The van der Waals surface area contributed by atoms with Gasteiger partial charge in [0.1, 0.15) is 6.04 Å². The van der Waals surface area contributed by atoms with Gasteiger partial charge in [-0.05, 0) is 17.9 Å². The Morgan fingerprint density at radius 1 is 1.19 bits per heavy atom. The standard InChI is InChI=1S/C15H23N3O3/c1-10(2)8-12(18-16)14(19)17-13(15(20)21)9-11-6-4-3-5-7-11/h3-7,10,12-13,18H,8-9,16H2,1-2H3,(H,17,19)(H,20,21). The van der Waals surface area contributed by atoms with Gasteiger partial charge in [0.25, 0.3) is 0 Å².